The number of halogens is 1. The summed E-state index contributed by atoms with van der Waals surface area (Å²) in [4.78, 5) is 0. The van der Waals surface area contributed by atoms with Gasteiger partial charge in [-0.2, -0.15) is 0 Å². The van der Waals surface area contributed by atoms with Gasteiger partial charge in [-0.05, 0) is 17.7 Å². The van der Waals surface area contributed by atoms with Crippen LogP contribution >= 0.6 is 11.6 Å². The zero-order valence-corrected chi connectivity index (χ0v) is 13.0. The van der Waals surface area contributed by atoms with E-state index in [1.54, 1.807) is 0 Å². The number of nitrogens with one attached hydrogen (secondary N) is 1. The van der Waals surface area contributed by atoms with Gasteiger partial charge in [-0.15, -0.1) is 0 Å². The second-order valence-electron chi connectivity index (χ2n) is 5.69. The quantitative estimate of drug-likeness (QED) is 0.815. The van der Waals surface area contributed by atoms with E-state index in [1.165, 1.54) is 5.56 Å². The van der Waals surface area contributed by atoms with E-state index in [-0.39, 0.29) is 12.1 Å². The Hall–Kier alpha value is -1.40. The Kier molecular flexibility index (Phi) is 4.78. The van der Waals surface area contributed by atoms with E-state index >= 15 is 0 Å². The number of aromatic nitrogens is 1. The van der Waals surface area contributed by atoms with Crippen molar-refractivity contribution in [2.75, 3.05) is 19.8 Å². The van der Waals surface area contributed by atoms with Crippen molar-refractivity contribution in [3.63, 3.8) is 0 Å². The van der Waals surface area contributed by atoms with Gasteiger partial charge in [0.2, 0.25) is 0 Å². The third-order valence-electron chi connectivity index (χ3n) is 3.82. The summed E-state index contributed by atoms with van der Waals surface area (Å²) >= 11 is 5.90. The summed E-state index contributed by atoms with van der Waals surface area (Å²) in [6.45, 7) is 2.13. The van der Waals surface area contributed by atoms with E-state index in [9.17, 15) is 0 Å². The maximum Gasteiger partial charge on any atom is 0.139 e. The number of aliphatic hydroxyl groups excluding tert-OH is 1. The van der Waals surface area contributed by atoms with Crippen LogP contribution < -0.4 is 5.32 Å². The fraction of sp³-hybridized carbons (Fsp3) is 0.438. The third kappa shape index (κ3) is 3.67. The van der Waals surface area contributed by atoms with Crippen LogP contribution in [0.1, 0.15) is 17.0 Å². The zero-order valence-electron chi connectivity index (χ0n) is 12.2. The number of benzene rings is 1. The van der Waals surface area contributed by atoms with Gasteiger partial charge < -0.3 is 19.7 Å². The van der Waals surface area contributed by atoms with Crippen LogP contribution in [0.3, 0.4) is 0 Å². The van der Waals surface area contributed by atoms with Crippen LogP contribution in [0.5, 0.6) is 0 Å². The standard InChI is InChI=1S/C16H19ClN2O3/c17-13-3-1-12(2-4-13)9-18-16(10-21-11-16)8-14-7-15(5-6-20)22-19-14/h1-4,7,18,20H,5-6,8-11H2. The highest BCUT2D eigenvalue weighted by molar-refractivity contribution is 6.30. The van der Waals surface area contributed by atoms with Crippen molar-refractivity contribution in [1.82, 2.24) is 10.5 Å². The molecule has 0 spiro atoms. The first-order valence-electron chi connectivity index (χ1n) is 7.32. The minimum atomic E-state index is -0.104. The van der Waals surface area contributed by atoms with Gasteiger partial charge in [-0.25, -0.2) is 0 Å². The summed E-state index contributed by atoms with van der Waals surface area (Å²) in [5.41, 5.74) is 1.96. The molecule has 1 aromatic carbocycles. The molecule has 0 radical (unpaired) electrons. The number of hydrogen-bond donors (Lipinski definition) is 2. The van der Waals surface area contributed by atoms with Crippen molar-refractivity contribution >= 4 is 11.6 Å². The maximum absolute atomic E-state index is 8.92. The van der Waals surface area contributed by atoms with Gasteiger partial charge in [-0.3, -0.25) is 0 Å². The highest BCUT2D eigenvalue weighted by atomic mass is 35.5. The van der Waals surface area contributed by atoms with Crippen molar-refractivity contribution in [2.45, 2.75) is 24.9 Å². The smallest absolute Gasteiger partial charge is 0.139 e. The molecular weight excluding hydrogens is 304 g/mol. The lowest BCUT2D eigenvalue weighted by Gasteiger charge is -2.42. The minimum Gasteiger partial charge on any atom is -0.396 e. The van der Waals surface area contributed by atoms with Crippen molar-refractivity contribution in [3.8, 4) is 0 Å². The number of hydrogen-bond acceptors (Lipinski definition) is 5. The SMILES string of the molecule is OCCc1cc(CC2(NCc3ccc(Cl)cc3)COC2)no1. The molecule has 0 bridgehead atoms. The molecule has 2 N–H and O–H groups in total. The van der Waals surface area contributed by atoms with Gasteiger partial charge in [0.15, 0.2) is 0 Å². The Bertz CT molecular complexity index is 608. The lowest BCUT2D eigenvalue weighted by molar-refractivity contribution is -0.0755. The van der Waals surface area contributed by atoms with Crippen LogP contribution in [0.15, 0.2) is 34.9 Å². The lowest BCUT2D eigenvalue weighted by atomic mass is 9.90. The molecule has 118 valence electrons. The van der Waals surface area contributed by atoms with E-state index in [1.807, 2.05) is 30.3 Å². The van der Waals surface area contributed by atoms with E-state index in [0.717, 1.165) is 23.7 Å². The highest BCUT2D eigenvalue weighted by Crippen LogP contribution is 2.23. The van der Waals surface area contributed by atoms with Crippen molar-refractivity contribution in [2.24, 2.45) is 0 Å². The predicted octanol–water partition coefficient (Wildman–Crippen LogP) is 1.96. The molecule has 1 aliphatic rings. The van der Waals surface area contributed by atoms with Crippen molar-refractivity contribution < 1.29 is 14.4 Å². The minimum absolute atomic E-state index is 0.0672. The fourth-order valence-electron chi connectivity index (χ4n) is 2.52. The van der Waals surface area contributed by atoms with E-state index in [0.29, 0.717) is 25.4 Å². The molecule has 1 fully saturated rings. The first-order valence-corrected chi connectivity index (χ1v) is 7.69. The molecule has 5 nitrogen and oxygen atoms in total. The number of nitrogens with zero attached hydrogens (tertiary/aromatic N) is 1. The van der Waals surface area contributed by atoms with Crippen LogP contribution in [0.4, 0.5) is 0 Å². The number of rotatable bonds is 7. The van der Waals surface area contributed by atoms with Crippen LogP contribution in [0.2, 0.25) is 5.02 Å². The zero-order chi connectivity index (χ0) is 15.4. The molecule has 0 atom stereocenters. The molecule has 2 aromatic rings. The predicted molar refractivity (Wildman–Crippen MR) is 82.8 cm³/mol. The Labute approximate surface area is 134 Å². The van der Waals surface area contributed by atoms with Gasteiger partial charge >= 0.3 is 0 Å². The molecule has 0 saturated carbocycles. The Morgan fingerprint density at radius 1 is 1.27 bits per heavy atom. The van der Waals surface area contributed by atoms with Crippen LogP contribution in [-0.2, 0) is 24.1 Å². The summed E-state index contributed by atoms with van der Waals surface area (Å²) < 4.78 is 10.6. The number of ether oxygens (including phenoxy) is 1. The molecule has 1 aliphatic heterocycles. The van der Waals surface area contributed by atoms with E-state index in [4.69, 9.17) is 26.0 Å². The van der Waals surface area contributed by atoms with Crippen molar-refractivity contribution in [3.05, 3.63) is 52.4 Å². The molecule has 0 aliphatic carbocycles. The topological polar surface area (TPSA) is 67.5 Å². The summed E-state index contributed by atoms with van der Waals surface area (Å²) in [6, 6.07) is 9.71. The Balaban J connectivity index is 1.60. The summed E-state index contributed by atoms with van der Waals surface area (Å²) in [5, 5.41) is 17.3. The molecular formula is C16H19ClN2O3. The largest absolute Gasteiger partial charge is 0.396 e. The molecule has 22 heavy (non-hydrogen) atoms. The average molecular weight is 323 g/mol. The summed E-state index contributed by atoms with van der Waals surface area (Å²) in [7, 11) is 0. The Morgan fingerprint density at radius 3 is 2.68 bits per heavy atom. The van der Waals surface area contributed by atoms with Gasteiger partial charge in [0.05, 0.1) is 31.1 Å². The van der Waals surface area contributed by atoms with E-state index < -0.39 is 0 Å². The molecule has 0 unspecified atom stereocenters. The summed E-state index contributed by atoms with van der Waals surface area (Å²) in [5.74, 6) is 0.714. The highest BCUT2D eigenvalue weighted by Gasteiger charge is 2.39. The molecule has 1 aromatic heterocycles. The van der Waals surface area contributed by atoms with E-state index in [2.05, 4.69) is 10.5 Å². The molecule has 1 saturated heterocycles. The van der Waals surface area contributed by atoms with Gasteiger partial charge in [0, 0.05) is 30.5 Å². The van der Waals surface area contributed by atoms with Crippen LogP contribution in [0.25, 0.3) is 0 Å². The fourth-order valence-corrected chi connectivity index (χ4v) is 2.65. The van der Waals surface area contributed by atoms with Crippen molar-refractivity contribution in [1.29, 1.82) is 0 Å². The number of aliphatic hydroxyl groups is 1. The third-order valence-corrected chi connectivity index (χ3v) is 4.07. The lowest BCUT2D eigenvalue weighted by Crippen LogP contribution is -2.61. The average Bonchev–Trinajstić information content (AvgIpc) is 2.91. The Morgan fingerprint density at radius 2 is 2.05 bits per heavy atom. The second kappa shape index (κ2) is 6.79. The first kappa shape index (κ1) is 15.5. The normalized spacial score (nSPS) is 16.5. The molecule has 3 rings (SSSR count). The maximum atomic E-state index is 8.92. The van der Waals surface area contributed by atoms with Gasteiger partial charge in [0.1, 0.15) is 5.76 Å². The van der Waals surface area contributed by atoms with Gasteiger partial charge in [-0.1, -0.05) is 28.9 Å². The van der Waals surface area contributed by atoms with Crippen LogP contribution in [-0.4, -0.2) is 35.6 Å². The molecule has 0 amide bonds. The first-order chi connectivity index (χ1) is 10.7. The van der Waals surface area contributed by atoms with Gasteiger partial charge in [0.25, 0.3) is 0 Å². The molecule has 6 heteroatoms. The monoisotopic (exact) mass is 322 g/mol. The van der Waals surface area contributed by atoms with Crippen LogP contribution in [0, 0.1) is 0 Å². The second-order valence-corrected chi connectivity index (χ2v) is 6.12. The summed E-state index contributed by atoms with van der Waals surface area (Å²) in [6.07, 6.45) is 1.24. The molecule has 2 heterocycles.